The minimum atomic E-state index is -2.80. The first-order chi connectivity index (χ1) is 14.5. The van der Waals surface area contributed by atoms with Gasteiger partial charge >= 0.3 is 0 Å². The summed E-state index contributed by atoms with van der Waals surface area (Å²) in [4.78, 5) is 27.9. The Balaban J connectivity index is 2.06. The van der Waals surface area contributed by atoms with Crippen LogP contribution in [-0.4, -0.2) is 73.8 Å². The number of fused-ring (bicyclic) bond motifs is 3. The average molecular weight is 426 g/mol. The molecule has 0 heterocycles. The molecule has 0 bridgehead atoms. The molecule has 3 aliphatic rings. The summed E-state index contributed by atoms with van der Waals surface area (Å²) in [6.45, 7) is 1.70. The molecule has 9 nitrogen and oxygen atoms in total. The lowest BCUT2D eigenvalue weighted by atomic mass is 9.54. The third-order valence-electron chi connectivity index (χ3n) is 6.86. The maximum absolute atomic E-state index is 13.6. The monoisotopic (exact) mass is 426 g/mol. The number of rotatable bonds is 1. The number of phenols is 1. The number of carbonyl (C=O) groups excluding carboxylic acids is 2. The molecule has 31 heavy (non-hydrogen) atoms. The van der Waals surface area contributed by atoms with E-state index in [1.165, 1.54) is 31.1 Å². The second-order valence-electron chi connectivity index (χ2n) is 8.54. The number of hydrogen-bond donors (Lipinski definition) is 5. The highest BCUT2D eigenvalue weighted by molar-refractivity contribution is 6.15. The maximum atomic E-state index is 13.6. The summed E-state index contributed by atoms with van der Waals surface area (Å²) in [6, 6.07) is 4.81. The Bertz CT molecular complexity index is 1130. The van der Waals surface area contributed by atoms with Gasteiger partial charge in [0.05, 0.1) is 23.6 Å². The Morgan fingerprint density at radius 1 is 1.16 bits per heavy atom. The number of aliphatic hydroxyl groups excluding tert-OH is 3. The van der Waals surface area contributed by atoms with Crippen LogP contribution in [0, 0.1) is 23.2 Å². The molecule has 0 unspecified atom stereocenters. The molecule has 0 radical (unpaired) electrons. The van der Waals surface area contributed by atoms with Gasteiger partial charge in [0, 0.05) is 11.5 Å². The smallest absolute Gasteiger partial charge is 0.202 e. The first-order valence-electron chi connectivity index (χ1n) is 9.75. The van der Waals surface area contributed by atoms with Gasteiger partial charge in [-0.05, 0) is 31.6 Å². The molecular weight excluding hydrogens is 404 g/mol. The molecule has 9 heteroatoms. The summed E-state index contributed by atoms with van der Waals surface area (Å²) >= 11 is 0. The minimum absolute atomic E-state index is 0.00358. The highest BCUT2D eigenvalue weighted by atomic mass is 16.4. The number of carbonyl (C=O) groups is 2. The van der Waals surface area contributed by atoms with Crippen molar-refractivity contribution < 1.29 is 35.1 Å². The largest absolute Gasteiger partial charge is 0.507 e. The molecule has 6 atom stereocenters. The van der Waals surface area contributed by atoms with E-state index in [2.05, 4.69) is 0 Å². The molecule has 4 rings (SSSR count). The van der Waals surface area contributed by atoms with Crippen LogP contribution in [0.3, 0.4) is 0 Å². The third-order valence-corrected chi connectivity index (χ3v) is 6.86. The SMILES string of the molecule is C[C@@H]1c2cccc(O)c2C(O)=C2C(=O)[C@@]3(O)C(O)=C(C#N)C(=O)[C@H](N(C)C)[C@H]3[C@H](O)[C@H]21. The Kier molecular flexibility index (Phi) is 4.52. The first-order valence-corrected chi connectivity index (χ1v) is 9.75. The lowest BCUT2D eigenvalue weighted by molar-refractivity contribution is -0.168. The molecule has 0 spiro atoms. The van der Waals surface area contributed by atoms with Crippen molar-refractivity contribution in [2.45, 2.75) is 30.6 Å². The van der Waals surface area contributed by atoms with Crippen molar-refractivity contribution in [2.75, 3.05) is 14.1 Å². The quantitative estimate of drug-likeness (QED) is 0.431. The van der Waals surface area contributed by atoms with Gasteiger partial charge in [-0.25, -0.2) is 0 Å². The number of aromatic hydroxyl groups is 1. The van der Waals surface area contributed by atoms with Crippen molar-refractivity contribution in [1.82, 2.24) is 4.90 Å². The molecule has 1 aromatic carbocycles. The number of benzene rings is 1. The lowest BCUT2D eigenvalue weighted by Crippen LogP contribution is -2.69. The van der Waals surface area contributed by atoms with E-state index in [0.717, 1.165) is 0 Å². The van der Waals surface area contributed by atoms with Gasteiger partial charge in [-0.1, -0.05) is 19.1 Å². The minimum Gasteiger partial charge on any atom is -0.507 e. The van der Waals surface area contributed by atoms with E-state index in [0.29, 0.717) is 5.56 Å². The predicted octanol–water partition coefficient (Wildman–Crippen LogP) is 0.534. The predicted molar refractivity (Wildman–Crippen MR) is 107 cm³/mol. The molecule has 0 aromatic heterocycles. The molecule has 162 valence electrons. The normalized spacial score (nSPS) is 34.9. The van der Waals surface area contributed by atoms with Crippen molar-refractivity contribution in [3.63, 3.8) is 0 Å². The van der Waals surface area contributed by atoms with Crippen LogP contribution in [0.2, 0.25) is 0 Å². The summed E-state index contributed by atoms with van der Waals surface area (Å²) in [6.07, 6.45) is -1.54. The fourth-order valence-corrected chi connectivity index (χ4v) is 5.45. The Hall–Kier alpha value is -3.19. The van der Waals surface area contributed by atoms with E-state index in [4.69, 9.17) is 0 Å². The molecule has 0 aliphatic heterocycles. The van der Waals surface area contributed by atoms with Crippen LogP contribution in [0.15, 0.2) is 35.1 Å². The van der Waals surface area contributed by atoms with Crippen LogP contribution in [0.4, 0.5) is 0 Å². The van der Waals surface area contributed by atoms with Crippen LogP contribution < -0.4 is 0 Å². The Morgan fingerprint density at radius 2 is 1.81 bits per heavy atom. The van der Waals surface area contributed by atoms with E-state index in [1.54, 1.807) is 19.1 Å². The zero-order valence-corrected chi connectivity index (χ0v) is 17.1. The topological polar surface area (TPSA) is 162 Å². The fraction of sp³-hybridized carbons (Fsp3) is 0.409. The van der Waals surface area contributed by atoms with E-state index >= 15 is 0 Å². The standard InChI is InChI=1S/C22H22N2O7/c1-8-9-5-4-6-11(25)13(9)18(27)14-12(8)19(28)15-16(24(2)3)17(26)10(7-23)20(29)22(15,31)21(14)30/h4-6,8,12,15-16,19,25,27-29,31H,1-3H3/t8-,12+,15+,16-,19-,22+/m1/s1. The first kappa shape index (κ1) is 21.1. The highest BCUT2D eigenvalue weighted by Crippen LogP contribution is 2.55. The van der Waals surface area contributed by atoms with Gasteiger partial charge in [-0.3, -0.25) is 14.5 Å². The number of aliphatic hydroxyl groups is 4. The van der Waals surface area contributed by atoms with E-state index < -0.39 is 64.2 Å². The summed E-state index contributed by atoms with van der Waals surface area (Å²) in [5, 5.41) is 64.1. The number of Topliss-reactive ketones (excluding diaryl/α,β-unsaturated/α-hetero) is 2. The lowest BCUT2D eigenvalue weighted by Gasteiger charge is -2.53. The van der Waals surface area contributed by atoms with Crippen LogP contribution in [0.5, 0.6) is 5.75 Å². The van der Waals surface area contributed by atoms with Gasteiger partial charge in [0.2, 0.25) is 5.78 Å². The average Bonchev–Trinajstić information content (AvgIpc) is 2.71. The van der Waals surface area contributed by atoms with Crippen LogP contribution >= 0.6 is 0 Å². The van der Waals surface area contributed by atoms with Crippen molar-refractivity contribution in [3.05, 3.63) is 46.2 Å². The van der Waals surface area contributed by atoms with Crippen molar-refractivity contribution in [3.8, 4) is 11.8 Å². The Labute approximate surface area is 177 Å². The number of phenolic OH excluding ortho intramolecular Hbond substituents is 1. The van der Waals surface area contributed by atoms with Crippen molar-refractivity contribution in [2.24, 2.45) is 11.8 Å². The van der Waals surface area contributed by atoms with E-state index in [-0.39, 0.29) is 16.9 Å². The molecule has 1 fully saturated rings. The molecule has 3 aliphatic carbocycles. The second-order valence-corrected chi connectivity index (χ2v) is 8.54. The highest BCUT2D eigenvalue weighted by Gasteiger charge is 2.67. The van der Waals surface area contributed by atoms with Gasteiger partial charge in [0.25, 0.3) is 0 Å². The van der Waals surface area contributed by atoms with Gasteiger partial charge < -0.3 is 25.5 Å². The van der Waals surface area contributed by atoms with Crippen LogP contribution in [0.25, 0.3) is 5.76 Å². The van der Waals surface area contributed by atoms with Gasteiger partial charge in [0.1, 0.15) is 23.2 Å². The van der Waals surface area contributed by atoms with Gasteiger partial charge in [-0.2, -0.15) is 5.26 Å². The Morgan fingerprint density at radius 3 is 2.39 bits per heavy atom. The van der Waals surface area contributed by atoms with Crippen molar-refractivity contribution >= 4 is 17.3 Å². The number of ketones is 2. The number of nitriles is 1. The molecular formula is C22H22N2O7. The van der Waals surface area contributed by atoms with Crippen LogP contribution in [0.1, 0.15) is 24.0 Å². The molecule has 1 saturated carbocycles. The second kappa shape index (κ2) is 6.65. The summed E-state index contributed by atoms with van der Waals surface area (Å²) in [7, 11) is 3.00. The zero-order chi connectivity index (χ0) is 23.0. The summed E-state index contributed by atoms with van der Waals surface area (Å²) < 4.78 is 0. The summed E-state index contributed by atoms with van der Waals surface area (Å²) in [5.41, 5.74) is -3.44. The molecule has 5 N–H and O–H groups in total. The fourth-order valence-electron chi connectivity index (χ4n) is 5.45. The van der Waals surface area contributed by atoms with Gasteiger partial charge in [0.15, 0.2) is 17.1 Å². The van der Waals surface area contributed by atoms with Gasteiger partial charge in [-0.15, -0.1) is 0 Å². The molecule has 0 amide bonds. The van der Waals surface area contributed by atoms with E-state index in [9.17, 15) is 40.4 Å². The number of likely N-dealkylation sites (N-methyl/N-ethyl adjacent to an activating group) is 1. The van der Waals surface area contributed by atoms with Crippen molar-refractivity contribution in [1.29, 1.82) is 5.26 Å². The molecule has 0 saturated heterocycles. The maximum Gasteiger partial charge on any atom is 0.202 e. The summed E-state index contributed by atoms with van der Waals surface area (Å²) in [5.74, 6) is -7.04. The number of nitrogens with zero attached hydrogens (tertiary/aromatic N) is 2. The van der Waals surface area contributed by atoms with Crippen LogP contribution in [-0.2, 0) is 9.59 Å². The zero-order valence-electron chi connectivity index (χ0n) is 17.1. The molecule has 1 aromatic rings. The number of hydrogen-bond acceptors (Lipinski definition) is 9. The van der Waals surface area contributed by atoms with E-state index in [1.807, 2.05) is 0 Å². The third kappa shape index (κ3) is 2.41.